The van der Waals surface area contributed by atoms with Gasteiger partial charge in [0.1, 0.15) is 18.3 Å². The lowest BCUT2D eigenvalue weighted by Gasteiger charge is -2.53. The van der Waals surface area contributed by atoms with Crippen molar-refractivity contribution in [1.29, 1.82) is 0 Å². The van der Waals surface area contributed by atoms with Crippen LogP contribution < -0.4 is 5.11 Å². The average Bonchev–Trinajstić information content (AvgIpc) is 2.69. The number of nitrogens with zero attached hydrogens (tertiary/aromatic N) is 3. The average molecular weight is 297 g/mol. The number of rotatable bonds is 1. The van der Waals surface area contributed by atoms with Crippen molar-refractivity contribution in [2.75, 3.05) is 6.54 Å². The van der Waals surface area contributed by atoms with E-state index in [0.29, 0.717) is 5.56 Å². The molecule has 1 aliphatic rings. The van der Waals surface area contributed by atoms with Gasteiger partial charge in [-0.1, -0.05) is 0 Å². The minimum absolute atomic E-state index is 0.195. The Hall–Kier alpha value is -1.93. The molecule has 116 valence electrons. The highest BCUT2D eigenvalue weighted by Crippen LogP contribution is 2.45. The van der Waals surface area contributed by atoms with E-state index in [1.807, 2.05) is 0 Å². The predicted octanol–water partition coefficient (Wildman–Crippen LogP) is -0.449. The monoisotopic (exact) mass is 297 g/mol. The maximum atomic E-state index is 11.9. The predicted molar refractivity (Wildman–Crippen MR) is 68.8 cm³/mol. The first-order valence-corrected chi connectivity index (χ1v) is 6.56. The van der Waals surface area contributed by atoms with Crippen LogP contribution in [0.1, 0.15) is 44.2 Å². The number of carbonyl (C=O) groups excluding carboxylic acids is 1. The Bertz CT molecular complexity index is 603. The van der Waals surface area contributed by atoms with E-state index in [2.05, 4.69) is 5.10 Å². The molecule has 1 amide bonds. The van der Waals surface area contributed by atoms with E-state index >= 15 is 0 Å². The molecule has 2 heterocycles. The zero-order chi connectivity index (χ0) is 16.2. The second-order valence-electron chi connectivity index (χ2n) is 6.35. The van der Waals surface area contributed by atoms with Crippen molar-refractivity contribution in [3.63, 3.8) is 0 Å². The van der Waals surface area contributed by atoms with Gasteiger partial charge in [-0.15, -0.1) is 0 Å². The molecule has 1 aromatic rings. The number of hydrogen-bond donors (Lipinski definition) is 2. The largest absolute Gasteiger partial charge is 0.498 e. The molecule has 0 fully saturated rings. The van der Waals surface area contributed by atoms with Crippen molar-refractivity contribution in [2.24, 2.45) is 7.05 Å². The number of aryl methyl sites for hydroxylation is 1. The number of aliphatic hydroxyl groups is 1. The summed E-state index contributed by atoms with van der Waals surface area (Å²) in [5, 5.41) is 35.7. The molecule has 0 saturated carbocycles. The maximum absolute atomic E-state index is 11.9. The summed E-state index contributed by atoms with van der Waals surface area (Å²) in [5.74, 6) is -1.29. The van der Waals surface area contributed by atoms with Crippen molar-refractivity contribution >= 4 is 12.1 Å². The van der Waals surface area contributed by atoms with E-state index in [4.69, 9.17) is 0 Å². The number of aliphatic carboxylic acids is 1. The van der Waals surface area contributed by atoms with Gasteiger partial charge in [0.2, 0.25) is 6.04 Å². The van der Waals surface area contributed by atoms with Gasteiger partial charge in [0.05, 0.1) is 11.7 Å². The Kier molecular flexibility index (Phi) is 3.34. The van der Waals surface area contributed by atoms with E-state index in [0.717, 1.165) is 0 Å². The smallest absolute Gasteiger partial charge is 0.369 e. The van der Waals surface area contributed by atoms with Crippen LogP contribution in [0, 0.1) is 0 Å². The van der Waals surface area contributed by atoms with Crippen LogP contribution in [0.3, 0.4) is 0 Å². The molecule has 8 nitrogen and oxygen atoms in total. The summed E-state index contributed by atoms with van der Waals surface area (Å²) < 4.78 is 0.411. The first-order valence-electron chi connectivity index (χ1n) is 6.56. The number of quaternary nitrogens is 1. The summed E-state index contributed by atoms with van der Waals surface area (Å²) in [6, 6.07) is -1.39. The lowest BCUT2D eigenvalue weighted by atomic mass is 9.87. The van der Waals surface area contributed by atoms with Gasteiger partial charge in [-0.05, 0) is 20.8 Å². The molecule has 21 heavy (non-hydrogen) atoms. The third-order valence-corrected chi connectivity index (χ3v) is 4.29. The number of amides is 1. The van der Waals surface area contributed by atoms with Crippen LogP contribution in [-0.2, 0) is 11.8 Å². The van der Waals surface area contributed by atoms with Crippen LogP contribution in [0.4, 0.5) is 4.79 Å². The lowest BCUT2D eigenvalue weighted by molar-refractivity contribution is -0.945. The van der Waals surface area contributed by atoms with Gasteiger partial charge in [0.15, 0.2) is 0 Å². The normalized spacial score (nSPS) is 29.0. The van der Waals surface area contributed by atoms with Crippen molar-refractivity contribution in [1.82, 2.24) is 9.78 Å². The van der Waals surface area contributed by atoms with E-state index in [1.165, 1.54) is 17.9 Å². The van der Waals surface area contributed by atoms with Gasteiger partial charge < -0.3 is 20.1 Å². The molecule has 8 heteroatoms. The molecular weight excluding hydrogens is 278 g/mol. The van der Waals surface area contributed by atoms with Crippen molar-refractivity contribution in [3.05, 3.63) is 17.5 Å². The first-order chi connectivity index (χ1) is 9.54. The third-order valence-electron chi connectivity index (χ3n) is 4.29. The Morgan fingerprint density at radius 1 is 1.48 bits per heavy atom. The van der Waals surface area contributed by atoms with Gasteiger partial charge in [0, 0.05) is 12.6 Å². The molecule has 2 N–H and O–H groups in total. The summed E-state index contributed by atoms with van der Waals surface area (Å²) in [5.41, 5.74) is -0.435. The van der Waals surface area contributed by atoms with Crippen LogP contribution in [0.5, 0.6) is 0 Å². The molecule has 3 atom stereocenters. The zero-order valence-corrected chi connectivity index (χ0v) is 12.4. The summed E-state index contributed by atoms with van der Waals surface area (Å²) in [6.07, 6.45) is -1.26. The fourth-order valence-corrected chi connectivity index (χ4v) is 3.16. The van der Waals surface area contributed by atoms with Crippen molar-refractivity contribution < 1.29 is 29.4 Å². The highest BCUT2D eigenvalue weighted by Gasteiger charge is 2.59. The van der Waals surface area contributed by atoms with E-state index < -0.39 is 34.2 Å². The topological polar surface area (TPSA) is 115 Å². The lowest BCUT2D eigenvalue weighted by Crippen LogP contribution is -2.72. The molecule has 0 aromatic carbocycles. The molecule has 3 unspecified atom stereocenters. The van der Waals surface area contributed by atoms with Crippen LogP contribution in [0.15, 0.2) is 6.20 Å². The third kappa shape index (κ3) is 1.94. The Balaban J connectivity index is 2.81. The van der Waals surface area contributed by atoms with Crippen molar-refractivity contribution in [3.8, 4) is 0 Å². The summed E-state index contributed by atoms with van der Waals surface area (Å²) in [7, 11) is 1.53. The van der Waals surface area contributed by atoms with E-state index in [1.54, 1.807) is 20.8 Å². The fourth-order valence-electron chi connectivity index (χ4n) is 3.16. The minimum atomic E-state index is -1.53. The number of aliphatic hydroxyl groups excluding tert-OH is 1. The standard InChI is InChI=1S/C13H19N3O5/c1-13(2,3)16(12(20)21)6-8(17)7-5-14-15(4)9(7)10(16)11(18)19/h5,8,10,17H,6H2,1-4H3,(H-,18,19,20,21). The number of carboxylic acids is 1. The molecule has 0 saturated heterocycles. The Morgan fingerprint density at radius 3 is 2.48 bits per heavy atom. The van der Waals surface area contributed by atoms with Crippen LogP contribution in [-0.4, -0.2) is 48.6 Å². The minimum Gasteiger partial charge on any atom is -0.498 e. The van der Waals surface area contributed by atoms with Gasteiger partial charge in [0.25, 0.3) is 6.09 Å². The number of hydrogen-bond acceptors (Lipinski definition) is 5. The highest BCUT2D eigenvalue weighted by atomic mass is 16.4. The fraction of sp³-hybridized carbons (Fsp3) is 0.615. The van der Waals surface area contributed by atoms with Gasteiger partial charge in [-0.2, -0.15) is 5.10 Å². The Labute approximate surface area is 121 Å². The van der Waals surface area contributed by atoms with Crippen LogP contribution in [0.25, 0.3) is 0 Å². The second-order valence-corrected chi connectivity index (χ2v) is 6.35. The van der Waals surface area contributed by atoms with E-state index in [-0.39, 0.29) is 12.2 Å². The second kappa shape index (κ2) is 4.54. The number of carboxylic acid groups (broad SMARTS) is 2. The van der Waals surface area contributed by atoms with Gasteiger partial charge in [-0.25, -0.2) is 4.79 Å². The van der Waals surface area contributed by atoms with Gasteiger partial charge in [-0.3, -0.25) is 9.16 Å². The molecule has 1 aromatic heterocycles. The Morgan fingerprint density at radius 2 is 2.05 bits per heavy atom. The first kappa shape index (κ1) is 15.5. The molecule has 0 bridgehead atoms. The molecule has 0 radical (unpaired) electrons. The summed E-state index contributed by atoms with van der Waals surface area (Å²) >= 11 is 0. The maximum Gasteiger partial charge on any atom is 0.369 e. The van der Waals surface area contributed by atoms with Crippen molar-refractivity contribution in [2.45, 2.75) is 38.5 Å². The molecule has 0 aliphatic carbocycles. The quantitative estimate of drug-likeness (QED) is 0.678. The molecule has 0 spiro atoms. The number of carbonyl (C=O) groups is 2. The van der Waals surface area contributed by atoms with Crippen LogP contribution >= 0.6 is 0 Å². The van der Waals surface area contributed by atoms with E-state index in [9.17, 15) is 24.9 Å². The zero-order valence-electron chi connectivity index (χ0n) is 12.4. The molecule has 1 aliphatic heterocycles. The molecule has 2 rings (SSSR count). The van der Waals surface area contributed by atoms with Crippen LogP contribution in [0.2, 0.25) is 0 Å². The SMILES string of the molecule is Cn1ncc2c1C(C(=O)O)[N+](C(=O)[O-])(C(C)(C)C)CC2O. The number of aromatic nitrogens is 2. The van der Waals surface area contributed by atoms with Gasteiger partial charge >= 0.3 is 5.97 Å². The number of fused-ring (bicyclic) bond motifs is 1. The highest BCUT2D eigenvalue weighted by molar-refractivity contribution is 5.77. The summed E-state index contributed by atoms with van der Waals surface area (Å²) in [6.45, 7) is 4.58. The molecular formula is C13H19N3O5. The summed E-state index contributed by atoms with van der Waals surface area (Å²) in [4.78, 5) is 23.7.